The van der Waals surface area contributed by atoms with Crippen LogP contribution in [0.5, 0.6) is 0 Å². The molecule has 0 spiro atoms. The Hall–Kier alpha value is -2.75. The molecular formula is C23H24ClF3N4O3. The monoisotopic (exact) mass is 496 g/mol. The zero-order valence-electron chi connectivity index (χ0n) is 18.7. The van der Waals surface area contributed by atoms with Gasteiger partial charge in [0.15, 0.2) is 0 Å². The van der Waals surface area contributed by atoms with Gasteiger partial charge in [-0.15, -0.1) is 0 Å². The zero-order chi connectivity index (χ0) is 24.8. The van der Waals surface area contributed by atoms with Gasteiger partial charge in [0.25, 0.3) is 5.92 Å². The molecule has 1 aromatic carbocycles. The van der Waals surface area contributed by atoms with Crippen molar-refractivity contribution < 1.29 is 27.6 Å². The molecule has 1 aromatic rings. The molecule has 7 nitrogen and oxygen atoms in total. The second-order valence-corrected chi connectivity index (χ2v) is 9.65. The minimum absolute atomic E-state index is 0.0153. The summed E-state index contributed by atoms with van der Waals surface area (Å²) in [5.41, 5.74) is -0.296. The molecule has 4 rings (SSSR count). The SMILES string of the molecule is Cc1cc(CC(=O)[C@H]2CCN(C(=O)C(=O)NC3(C4=CCN=N4)CC(F)(F)C3)[C@H]2C)cc(Cl)c1F. The molecule has 2 fully saturated rings. The molecule has 1 saturated carbocycles. The van der Waals surface area contributed by atoms with Crippen molar-refractivity contribution in [2.24, 2.45) is 16.1 Å². The number of aryl methyl sites for hydroxylation is 1. The molecule has 2 amide bonds. The summed E-state index contributed by atoms with van der Waals surface area (Å²) in [5.74, 6) is -6.07. The van der Waals surface area contributed by atoms with Crippen LogP contribution in [0.1, 0.15) is 37.3 Å². The molecule has 0 aromatic heterocycles. The van der Waals surface area contributed by atoms with Gasteiger partial charge in [0.1, 0.15) is 11.6 Å². The summed E-state index contributed by atoms with van der Waals surface area (Å²) in [5, 5.41) is 10.00. The van der Waals surface area contributed by atoms with Gasteiger partial charge in [-0.3, -0.25) is 14.4 Å². The van der Waals surface area contributed by atoms with E-state index in [-0.39, 0.29) is 36.0 Å². The highest BCUT2D eigenvalue weighted by atomic mass is 35.5. The summed E-state index contributed by atoms with van der Waals surface area (Å²) < 4.78 is 41.1. The maximum absolute atomic E-state index is 13.8. The van der Waals surface area contributed by atoms with E-state index in [1.165, 1.54) is 11.0 Å². The van der Waals surface area contributed by atoms with Gasteiger partial charge in [-0.25, -0.2) is 13.2 Å². The number of carbonyl (C=O) groups excluding carboxylic acids is 3. The Labute approximate surface area is 199 Å². The van der Waals surface area contributed by atoms with Crippen molar-refractivity contribution in [2.75, 3.05) is 13.1 Å². The van der Waals surface area contributed by atoms with Crippen molar-refractivity contribution in [1.82, 2.24) is 10.2 Å². The molecule has 1 aliphatic carbocycles. The summed E-state index contributed by atoms with van der Waals surface area (Å²) in [7, 11) is 0. The van der Waals surface area contributed by atoms with Crippen molar-refractivity contribution in [3.8, 4) is 0 Å². The van der Waals surface area contributed by atoms with Gasteiger partial charge in [0.05, 0.1) is 22.8 Å². The number of benzene rings is 1. The van der Waals surface area contributed by atoms with Crippen LogP contribution in [0.3, 0.4) is 0 Å². The predicted molar refractivity (Wildman–Crippen MR) is 117 cm³/mol. The largest absolute Gasteiger partial charge is 0.336 e. The molecule has 1 saturated heterocycles. The highest BCUT2D eigenvalue weighted by Gasteiger charge is 2.60. The Morgan fingerprint density at radius 2 is 1.97 bits per heavy atom. The third-order valence-electron chi connectivity index (χ3n) is 6.78. The molecule has 182 valence electrons. The molecule has 34 heavy (non-hydrogen) atoms. The molecule has 0 radical (unpaired) electrons. The number of carbonyl (C=O) groups is 3. The molecule has 1 N–H and O–H groups in total. The molecule has 0 unspecified atom stereocenters. The number of azo groups is 1. The number of hydrogen-bond acceptors (Lipinski definition) is 5. The van der Waals surface area contributed by atoms with Gasteiger partial charge in [-0.05, 0) is 43.5 Å². The predicted octanol–water partition coefficient (Wildman–Crippen LogP) is 3.77. The van der Waals surface area contributed by atoms with E-state index < -0.39 is 53.9 Å². The maximum atomic E-state index is 13.8. The van der Waals surface area contributed by atoms with Gasteiger partial charge in [0, 0.05) is 37.8 Å². The van der Waals surface area contributed by atoms with E-state index in [1.54, 1.807) is 26.0 Å². The fraction of sp³-hybridized carbons (Fsp3) is 0.522. The van der Waals surface area contributed by atoms with Crippen LogP contribution >= 0.6 is 11.6 Å². The molecular weight excluding hydrogens is 473 g/mol. The third-order valence-corrected chi connectivity index (χ3v) is 7.06. The lowest BCUT2D eigenvalue weighted by molar-refractivity contribution is -0.154. The number of halogens is 4. The number of rotatable bonds is 5. The average molecular weight is 497 g/mol. The Balaban J connectivity index is 1.41. The van der Waals surface area contributed by atoms with E-state index in [9.17, 15) is 27.6 Å². The Bertz CT molecular complexity index is 1090. The number of alkyl halides is 2. The number of Topliss-reactive ketones (excluding diaryl/α,β-unsaturated/α-hetero) is 1. The third kappa shape index (κ3) is 4.47. The molecule has 2 atom stereocenters. The fourth-order valence-electron chi connectivity index (χ4n) is 5.03. The van der Waals surface area contributed by atoms with E-state index in [1.807, 2.05) is 0 Å². The smallest absolute Gasteiger partial charge is 0.312 e. The Kier molecular flexibility index (Phi) is 6.30. The van der Waals surface area contributed by atoms with Gasteiger partial charge in [0.2, 0.25) is 0 Å². The number of likely N-dealkylation sites (tertiary alicyclic amines) is 1. The van der Waals surface area contributed by atoms with Crippen molar-refractivity contribution >= 4 is 29.2 Å². The van der Waals surface area contributed by atoms with E-state index in [0.29, 0.717) is 17.5 Å². The van der Waals surface area contributed by atoms with Crippen molar-refractivity contribution in [3.05, 3.63) is 45.9 Å². The number of ketones is 1. The van der Waals surface area contributed by atoms with Gasteiger partial charge >= 0.3 is 11.8 Å². The molecule has 11 heteroatoms. The highest BCUT2D eigenvalue weighted by Crippen LogP contribution is 2.50. The Morgan fingerprint density at radius 3 is 2.56 bits per heavy atom. The van der Waals surface area contributed by atoms with Crippen molar-refractivity contribution in [2.45, 2.75) is 57.0 Å². The molecule has 3 aliphatic rings. The number of hydrogen-bond donors (Lipinski definition) is 1. The van der Waals surface area contributed by atoms with Gasteiger partial charge < -0.3 is 10.2 Å². The molecule has 2 heterocycles. The first-order valence-corrected chi connectivity index (χ1v) is 11.4. The first-order valence-electron chi connectivity index (χ1n) is 11.0. The molecule has 2 aliphatic heterocycles. The van der Waals surface area contributed by atoms with Crippen molar-refractivity contribution in [3.63, 3.8) is 0 Å². The van der Waals surface area contributed by atoms with Crippen LogP contribution in [-0.2, 0) is 20.8 Å². The number of amides is 2. The second kappa shape index (κ2) is 8.79. The van der Waals surface area contributed by atoms with E-state index in [4.69, 9.17) is 11.6 Å². The minimum Gasteiger partial charge on any atom is -0.336 e. The van der Waals surface area contributed by atoms with Crippen LogP contribution in [-0.4, -0.2) is 53.1 Å². The average Bonchev–Trinajstić information content (AvgIpc) is 3.40. The van der Waals surface area contributed by atoms with Crippen LogP contribution in [0.2, 0.25) is 5.02 Å². The van der Waals surface area contributed by atoms with Crippen LogP contribution in [0.15, 0.2) is 34.1 Å². The Morgan fingerprint density at radius 1 is 1.26 bits per heavy atom. The maximum Gasteiger partial charge on any atom is 0.312 e. The first kappa shape index (κ1) is 24.4. The summed E-state index contributed by atoms with van der Waals surface area (Å²) in [4.78, 5) is 39.8. The van der Waals surface area contributed by atoms with E-state index in [0.717, 1.165) is 0 Å². The normalized spacial score (nSPS) is 24.5. The standard InChI is InChI=1S/C23H24ClF3N4O3/c1-12-7-14(8-16(24)19(12)25)9-17(32)15-4-6-31(13(15)2)21(34)20(33)29-22(10-23(26,27)11-22)18-3-5-28-30-18/h3,7-8,13,15H,4-6,9-11H2,1-2H3,(H,29,33)/t13-,15-/m0/s1. The second-order valence-electron chi connectivity index (χ2n) is 9.25. The van der Waals surface area contributed by atoms with E-state index >= 15 is 0 Å². The topological polar surface area (TPSA) is 91.2 Å². The number of nitrogens with zero attached hydrogens (tertiary/aromatic N) is 3. The molecule has 0 bridgehead atoms. The first-order chi connectivity index (χ1) is 15.9. The van der Waals surface area contributed by atoms with Crippen LogP contribution < -0.4 is 5.32 Å². The number of nitrogens with one attached hydrogen (secondary N) is 1. The van der Waals surface area contributed by atoms with Gasteiger partial charge in [-0.2, -0.15) is 10.2 Å². The lowest BCUT2D eigenvalue weighted by Gasteiger charge is -2.47. The zero-order valence-corrected chi connectivity index (χ0v) is 19.5. The highest BCUT2D eigenvalue weighted by molar-refractivity contribution is 6.35. The fourth-order valence-corrected chi connectivity index (χ4v) is 5.32. The van der Waals surface area contributed by atoms with Crippen LogP contribution in [0, 0.1) is 18.7 Å². The van der Waals surface area contributed by atoms with E-state index in [2.05, 4.69) is 15.5 Å². The summed E-state index contributed by atoms with van der Waals surface area (Å²) in [6, 6.07) is 2.39. The lowest BCUT2D eigenvalue weighted by atomic mass is 9.71. The quantitative estimate of drug-likeness (QED) is 0.629. The van der Waals surface area contributed by atoms with Gasteiger partial charge in [-0.1, -0.05) is 17.7 Å². The minimum atomic E-state index is -2.96. The summed E-state index contributed by atoms with van der Waals surface area (Å²) >= 11 is 5.88. The van der Waals surface area contributed by atoms with Crippen molar-refractivity contribution in [1.29, 1.82) is 0 Å². The van der Waals surface area contributed by atoms with Crippen LogP contribution in [0.4, 0.5) is 13.2 Å². The summed E-state index contributed by atoms with van der Waals surface area (Å²) in [6.45, 7) is 3.64. The van der Waals surface area contributed by atoms with Crippen LogP contribution in [0.25, 0.3) is 0 Å². The summed E-state index contributed by atoms with van der Waals surface area (Å²) in [6.07, 6.45) is 0.619. The lowest BCUT2D eigenvalue weighted by Crippen LogP contribution is -2.65.